The van der Waals surface area contributed by atoms with Crippen LogP contribution in [0.4, 0.5) is 11.6 Å². The van der Waals surface area contributed by atoms with E-state index in [1.54, 1.807) is 18.0 Å². The lowest BCUT2D eigenvalue weighted by Crippen LogP contribution is -2.15. The number of methoxy groups -OCH3 is 1. The molecule has 3 heterocycles. The minimum Gasteiger partial charge on any atom is -0.496 e. The molecule has 3 aromatic heterocycles. The summed E-state index contributed by atoms with van der Waals surface area (Å²) in [4.78, 5) is 21.7. The van der Waals surface area contributed by atoms with Crippen molar-refractivity contribution in [3.63, 3.8) is 0 Å². The van der Waals surface area contributed by atoms with Crippen molar-refractivity contribution >= 4 is 28.3 Å². The van der Waals surface area contributed by atoms with Crippen LogP contribution in [0.5, 0.6) is 5.75 Å². The average Bonchev–Trinajstić information content (AvgIpc) is 3.47. The summed E-state index contributed by atoms with van der Waals surface area (Å²) in [5, 5.41) is 8.75. The van der Waals surface area contributed by atoms with Crippen molar-refractivity contribution < 1.29 is 9.53 Å². The highest BCUT2D eigenvalue weighted by Crippen LogP contribution is 2.47. The Morgan fingerprint density at radius 1 is 1.28 bits per heavy atom. The summed E-state index contributed by atoms with van der Waals surface area (Å²) in [7, 11) is 3.52. The van der Waals surface area contributed by atoms with Crippen molar-refractivity contribution in [2.24, 2.45) is 13.0 Å². The zero-order valence-electron chi connectivity index (χ0n) is 18.2. The van der Waals surface area contributed by atoms with E-state index in [0.29, 0.717) is 11.6 Å². The number of aromatic nitrogens is 4. The SMILES string of the molecule is COc1cccc(-c2cc3cc(NC(=O)[C@H]4C[C@@H]4c4cnn(C)c4)ncc3c(N)n2)c1C. The van der Waals surface area contributed by atoms with Crippen LogP contribution in [0.15, 0.2) is 48.9 Å². The molecule has 0 unspecified atom stereocenters. The first-order valence-corrected chi connectivity index (χ1v) is 10.4. The van der Waals surface area contributed by atoms with E-state index in [9.17, 15) is 4.79 Å². The number of nitrogen functional groups attached to an aromatic ring is 1. The van der Waals surface area contributed by atoms with Gasteiger partial charge in [0, 0.05) is 41.9 Å². The highest BCUT2D eigenvalue weighted by molar-refractivity contribution is 5.99. The number of nitrogens with zero attached hydrogens (tertiary/aromatic N) is 4. The topological polar surface area (TPSA) is 108 Å². The fourth-order valence-corrected chi connectivity index (χ4v) is 4.20. The van der Waals surface area contributed by atoms with E-state index in [1.165, 1.54) is 0 Å². The number of ether oxygens (including phenoxy) is 1. The summed E-state index contributed by atoms with van der Waals surface area (Å²) in [5.41, 5.74) is 10.00. The second-order valence-electron chi connectivity index (χ2n) is 8.20. The van der Waals surface area contributed by atoms with Crippen LogP contribution < -0.4 is 15.8 Å². The number of carbonyl (C=O) groups is 1. The molecule has 0 radical (unpaired) electrons. The Kier molecular flexibility index (Phi) is 4.77. The number of hydrogen-bond donors (Lipinski definition) is 2. The first-order valence-electron chi connectivity index (χ1n) is 10.4. The van der Waals surface area contributed by atoms with E-state index in [0.717, 1.165) is 45.3 Å². The van der Waals surface area contributed by atoms with E-state index in [4.69, 9.17) is 10.5 Å². The minimum atomic E-state index is -0.0609. The third kappa shape index (κ3) is 3.53. The predicted molar refractivity (Wildman–Crippen MR) is 123 cm³/mol. The van der Waals surface area contributed by atoms with Crippen molar-refractivity contribution in [3.8, 4) is 17.0 Å². The molecule has 1 aliphatic rings. The molecule has 1 aromatic carbocycles. The first kappa shape index (κ1) is 20.0. The molecule has 3 N–H and O–H groups in total. The fraction of sp³-hybridized carbons (Fsp3) is 0.250. The Hall–Kier alpha value is -3.94. The third-order valence-electron chi connectivity index (χ3n) is 6.06. The number of aryl methyl sites for hydroxylation is 1. The molecule has 8 heteroatoms. The quantitative estimate of drug-likeness (QED) is 0.502. The van der Waals surface area contributed by atoms with Crippen LogP contribution in [-0.2, 0) is 11.8 Å². The average molecular weight is 428 g/mol. The summed E-state index contributed by atoms with van der Waals surface area (Å²) in [6.07, 6.45) is 6.26. The lowest BCUT2D eigenvalue weighted by molar-refractivity contribution is -0.117. The van der Waals surface area contributed by atoms with E-state index in [1.807, 2.05) is 56.7 Å². The van der Waals surface area contributed by atoms with Gasteiger partial charge in [-0.15, -0.1) is 0 Å². The first-order chi connectivity index (χ1) is 15.4. The van der Waals surface area contributed by atoms with Gasteiger partial charge in [-0.2, -0.15) is 5.10 Å². The molecule has 1 fully saturated rings. The third-order valence-corrected chi connectivity index (χ3v) is 6.06. The van der Waals surface area contributed by atoms with Gasteiger partial charge in [-0.1, -0.05) is 12.1 Å². The van der Waals surface area contributed by atoms with Crippen LogP contribution in [0.3, 0.4) is 0 Å². The summed E-state index contributed by atoms with van der Waals surface area (Å²) < 4.78 is 7.19. The second kappa shape index (κ2) is 7.64. The maximum absolute atomic E-state index is 12.7. The highest BCUT2D eigenvalue weighted by atomic mass is 16.5. The maximum Gasteiger partial charge on any atom is 0.229 e. The number of hydrogen-bond acceptors (Lipinski definition) is 6. The summed E-state index contributed by atoms with van der Waals surface area (Å²) in [6, 6.07) is 9.63. The van der Waals surface area contributed by atoms with Crippen LogP contribution in [0.2, 0.25) is 0 Å². The molecule has 0 bridgehead atoms. The van der Waals surface area contributed by atoms with Gasteiger partial charge in [0.25, 0.3) is 0 Å². The van der Waals surface area contributed by atoms with E-state index < -0.39 is 0 Å². The standard InChI is InChI=1S/C24H24N6O2/c1-13-16(5-4-6-21(13)32-3)20-7-14-8-22(26-11-19(14)23(25)28-20)29-24(31)18-9-17(18)15-10-27-30(2)12-15/h4-8,10-12,17-18H,9H2,1-3H3,(H2,25,28)(H,26,29,31)/t17-,18+/m1/s1. The monoisotopic (exact) mass is 428 g/mol. The van der Waals surface area contributed by atoms with E-state index in [-0.39, 0.29) is 17.7 Å². The summed E-state index contributed by atoms with van der Waals surface area (Å²) in [6.45, 7) is 1.99. The summed E-state index contributed by atoms with van der Waals surface area (Å²) >= 11 is 0. The number of anilines is 2. The molecular weight excluding hydrogens is 404 g/mol. The number of benzene rings is 1. The van der Waals surface area contributed by atoms with Gasteiger partial charge in [0.1, 0.15) is 17.4 Å². The van der Waals surface area contributed by atoms with Gasteiger partial charge in [-0.3, -0.25) is 9.48 Å². The lowest BCUT2D eigenvalue weighted by atomic mass is 10.0. The molecule has 1 amide bonds. The van der Waals surface area contributed by atoms with Gasteiger partial charge in [-0.25, -0.2) is 9.97 Å². The zero-order chi connectivity index (χ0) is 22.4. The number of rotatable bonds is 5. The molecule has 1 saturated carbocycles. The molecule has 32 heavy (non-hydrogen) atoms. The van der Waals surface area contributed by atoms with Crippen molar-refractivity contribution in [2.75, 3.05) is 18.2 Å². The fourth-order valence-electron chi connectivity index (χ4n) is 4.20. The largest absolute Gasteiger partial charge is 0.496 e. The maximum atomic E-state index is 12.7. The van der Waals surface area contributed by atoms with Crippen molar-refractivity contribution in [1.82, 2.24) is 19.7 Å². The van der Waals surface area contributed by atoms with Crippen LogP contribution >= 0.6 is 0 Å². The number of nitrogens with two attached hydrogens (primary N) is 1. The molecule has 8 nitrogen and oxygen atoms in total. The molecule has 4 aromatic rings. The minimum absolute atomic E-state index is 0.0309. The second-order valence-corrected chi connectivity index (χ2v) is 8.20. The highest BCUT2D eigenvalue weighted by Gasteiger charge is 2.44. The number of pyridine rings is 2. The van der Waals surface area contributed by atoms with Crippen molar-refractivity contribution in [3.05, 3.63) is 60.0 Å². The lowest BCUT2D eigenvalue weighted by Gasteiger charge is -2.12. The van der Waals surface area contributed by atoms with Crippen LogP contribution in [0.25, 0.3) is 22.0 Å². The number of amides is 1. The molecule has 1 aliphatic carbocycles. The van der Waals surface area contributed by atoms with Crippen LogP contribution in [-0.4, -0.2) is 32.8 Å². The van der Waals surface area contributed by atoms with E-state index in [2.05, 4.69) is 20.4 Å². The van der Waals surface area contributed by atoms with Crippen molar-refractivity contribution in [2.45, 2.75) is 19.3 Å². The van der Waals surface area contributed by atoms with Gasteiger partial charge in [0.15, 0.2) is 0 Å². The summed E-state index contributed by atoms with van der Waals surface area (Å²) in [5.74, 6) is 1.80. The predicted octanol–water partition coefficient (Wildman–Crippen LogP) is 3.67. The molecule has 162 valence electrons. The van der Waals surface area contributed by atoms with Gasteiger partial charge in [-0.05, 0) is 48.4 Å². The molecule has 0 spiro atoms. The molecule has 0 aliphatic heterocycles. The Morgan fingerprint density at radius 2 is 2.12 bits per heavy atom. The smallest absolute Gasteiger partial charge is 0.229 e. The normalized spacial score (nSPS) is 17.3. The zero-order valence-corrected chi connectivity index (χ0v) is 18.2. The van der Waals surface area contributed by atoms with Gasteiger partial charge < -0.3 is 15.8 Å². The van der Waals surface area contributed by atoms with Crippen molar-refractivity contribution in [1.29, 1.82) is 0 Å². The number of carbonyl (C=O) groups excluding carboxylic acids is 1. The number of fused-ring (bicyclic) bond motifs is 1. The molecular formula is C24H24N6O2. The molecule has 5 rings (SSSR count). The molecule has 0 saturated heterocycles. The van der Waals surface area contributed by atoms with Gasteiger partial charge in [0.2, 0.25) is 5.91 Å². The Labute approximate surface area is 185 Å². The van der Waals surface area contributed by atoms with E-state index >= 15 is 0 Å². The Bertz CT molecular complexity index is 1350. The number of nitrogens with one attached hydrogen (secondary N) is 1. The molecule has 2 atom stereocenters. The van der Waals surface area contributed by atoms with Crippen LogP contribution in [0.1, 0.15) is 23.5 Å². The Balaban J connectivity index is 1.42. The Morgan fingerprint density at radius 3 is 2.88 bits per heavy atom. The van der Waals surface area contributed by atoms with Gasteiger partial charge >= 0.3 is 0 Å². The van der Waals surface area contributed by atoms with Gasteiger partial charge in [0.05, 0.1) is 19.0 Å². The van der Waals surface area contributed by atoms with Crippen LogP contribution in [0, 0.1) is 12.8 Å².